The molecule has 0 heterocycles. The van der Waals surface area contributed by atoms with E-state index in [1.54, 1.807) is 13.8 Å². The molecule has 0 atom stereocenters. The molecule has 0 bridgehead atoms. The summed E-state index contributed by atoms with van der Waals surface area (Å²) in [5.74, 6) is -0.502. The Bertz CT molecular complexity index is 204. The number of hydrogen-bond acceptors (Lipinski definition) is 3. The third kappa shape index (κ3) is 4.66. The summed E-state index contributed by atoms with van der Waals surface area (Å²) in [6, 6.07) is 0. The van der Waals surface area contributed by atoms with E-state index in [1.807, 2.05) is 0 Å². The van der Waals surface area contributed by atoms with E-state index >= 15 is 0 Å². The third-order valence-electron chi connectivity index (χ3n) is 1.22. The average molecular weight is 170 g/mol. The molecule has 0 fully saturated rings. The Morgan fingerprint density at radius 1 is 1.50 bits per heavy atom. The number of Topliss-reactive ketones (excluding diaryl/α,β-unsaturated/α-hetero) is 1. The van der Waals surface area contributed by atoms with Crippen molar-refractivity contribution in [2.75, 3.05) is 0 Å². The summed E-state index contributed by atoms with van der Waals surface area (Å²) < 4.78 is 4.92. The molecule has 0 aromatic rings. The van der Waals surface area contributed by atoms with Crippen LogP contribution >= 0.6 is 0 Å². The normalized spacial score (nSPS) is 10.6. The summed E-state index contributed by atoms with van der Waals surface area (Å²) in [4.78, 5) is 21.5. The van der Waals surface area contributed by atoms with E-state index in [9.17, 15) is 9.59 Å². The molecular formula is C9H14O3. The van der Waals surface area contributed by atoms with E-state index in [2.05, 4.69) is 6.58 Å². The molecule has 0 unspecified atom stereocenters. The van der Waals surface area contributed by atoms with Crippen LogP contribution in [0.2, 0.25) is 0 Å². The van der Waals surface area contributed by atoms with Crippen molar-refractivity contribution < 1.29 is 14.3 Å². The van der Waals surface area contributed by atoms with Crippen molar-refractivity contribution in [3.63, 3.8) is 0 Å². The molecule has 0 aromatic heterocycles. The Balaban J connectivity index is 4.11. The first-order valence-corrected chi connectivity index (χ1v) is 3.72. The SMILES string of the molecule is C=CC(=O)OC(C)(C)CC(C)=O. The smallest absolute Gasteiger partial charge is 0.330 e. The van der Waals surface area contributed by atoms with Crippen molar-refractivity contribution in [1.29, 1.82) is 0 Å². The number of esters is 1. The van der Waals surface area contributed by atoms with Gasteiger partial charge in [0.1, 0.15) is 11.4 Å². The van der Waals surface area contributed by atoms with Crippen LogP contribution in [0.5, 0.6) is 0 Å². The first-order chi connectivity index (χ1) is 5.37. The van der Waals surface area contributed by atoms with Crippen molar-refractivity contribution in [3.05, 3.63) is 12.7 Å². The number of rotatable bonds is 4. The van der Waals surface area contributed by atoms with Gasteiger partial charge in [-0.25, -0.2) is 4.79 Å². The van der Waals surface area contributed by atoms with Gasteiger partial charge in [0.05, 0.1) is 0 Å². The second kappa shape index (κ2) is 4.04. The van der Waals surface area contributed by atoms with Crippen LogP contribution in [-0.2, 0) is 14.3 Å². The van der Waals surface area contributed by atoms with Gasteiger partial charge >= 0.3 is 5.97 Å². The van der Waals surface area contributed by atoms with Gasteiger partial charge in [0, 0.05) is 12.5 Å². The minimum absolute atomic E-state index is 0.00291. The fourth-order valence-corrected chi connectivity index (χ4v) is 0.950. The number of ketones is 1. The second-order valence-electron chi connectivity index (χ2n) is 3.26. The maximum Gasteiger partial charge on any atom is 0.330 e. The Labute approximate surface area is 72.4 Å². The average Bonchev–Trinajstić information content (AvgIpc) is 1.83. The second-order valence-corrected chi connectivity index (χ2v) is 3.26. The van der Waals surface area contributed by atoms with Gasteiger partial charge in [-0.2, -0.15) is 0 Å². The van der Waals surface area contributed by atoms with Crippen molar-refractivity contribution >= 4 is 11.8 Å². The van der Waals surface area contributed by atoms with Crippen molar-refractivity contribution in [2.45, 2.75) is 32.8 Å². The lowest BCUT2D eigenvalue weighted by Gasteiger charge is -2.22. The molecule has 0 saturated heterocycles. The molecule has 0 N–H and O–H groups in total. The highest BCUT2D eigenvalue weighted by Crippen LogP contribution is 2.14. The maximum atomic E-state index is 10.8. The molecule has 0 aromatic carbocycles. The van der Waals surface area contributed by atoms with E-state index in [-0.39, 0.29) is 12.2 Å². The quantitative estimate of drug-likeness (QED) is 0.474. The maximum absolute atomic E-state index is 10.8. The van der Waals surface area contributed by atoms with Gasteiger partial charge in [-0.15, -0.1) is 0 Å². The molecule has 0 saturated carbocycles. The Hall–Kier alpha value is -1.12. The van der Waals surface area contributed by atoms with Crippen molar-refractivity contribution in [2.24, 2.45) is 0 Å². The van der Waals surface area contributed by atoms with Crippen molar-refractivity contribution in [1.82, 2.24) is 0 Å². The van der Waals surface area contributed by atoms with Crippen molar-refractivity contribution in [3.8, 4) is 0 Å². The number of ether oxygens (including phenoxy) is 1. The largest absolute Gasteiger partial charge is 0.456 e. The number of carbonyl (C=O) groups excluding carboxylic acids is 2. The highest BCUT2D eigenvalue weighted by Gasteiger charge is 2.23. The predicted molar refractivity (Wildman–Crippen MR) is 45.7 cm³/mol. The molecule has 0 amide bonds. The molecule has 0 radical (unpaired) electrons. The number of carbonyl (C=O) groups is 2. The molecule has 0 aliphatic rings. The van der Waals surface area contributed by atoms with Crippen LogP contribution in [0.15, 0.2) is 12.7 Å². The Kier molecular flexibility index (Phi) is 3.67. The lowest BCUT2D eigenvalue weighted by Crippen LogP contribution is -2.29. The van der Waals surface area contributed by atoms with E-state index < -0.39 is 11.6 Å². The third-order valence-corrected chi connectivity index (χ3v) is 1.22. The van der Waals surface area contributed by atoms with E-state index in [1.165, 1.54) is 6.92 Å². The van der Waals surface area contributed by atoms with Crippen LogP contribution in [0.3, 0.4) is 0 Å². The highest BCUT2D eigenvalue weighted by atomic mass is 16.6. The van der Waals surface area contributed by atoms with Crippen LogP contribution < -0.4 is 0 Å². The van der Waals surface area contributed by atoms with Gasteiger partial charge in [-0.1, -0.05) is 6.58 Å². The van der Waals surface area contributed by atoms with Gasteiger partial charge in [0.25, 0.3) is 0 Å². The summed E-state index contributed by atoms with van der Waals surface area (Å²) >= 11 is 0. The Morgan fingerprint density at radius 2 is 2.00 bits per heavy atom. The zero-order valence-corrected chi connectivity index (χ0v) is 7.72. The molecule has 3 nitrogen and oxygen atoms in total. The van der Waals surface area contributed by atoms with Gasteiger partial charge in [-0.3, -0.25) is 4.79 Å². The molecule has 0 spiro atoms. The summed E-state index contributed by atoms with van der Waals surface area (Å²) in [6.07, 6.45) is 1.31. The van der Waals surface area contributed by atoms with Gasteiger partial charge in [-0.05, 0) is 20.8 Å². The molecule has 3 heteroatoms. The fraction of sp³-hybridized carbons (Fsp3) is 0.556. The molecule has 0 rings (SSSR count). The minimum Gasteiger partial charge on any atom is -0.456 e. The minimum atomic E-state index is -0.725. The van der Waals surface area contributed by atoms with Crippen LogP contribution in [0.4, 0.5) is 0 Å². The molecular weight excluding hydrogens is 156 g/mol. The standard InChI is InChI=1S/C9H14O3/c1-5-8(11)12-9(3,4)6-7(2)10/h5H,1,6H2,2-4H3. The summed E-state index contributed by atoms with van der Waals surface area (Å²) in [7, 11) is 0. The van der Waals surface area contributed by atoms with E-state index in [4.69, 9.17) is 4.74 Å². The van der Waals surface area contributed by atoms with Crippen LogP contribution in [0, 0.1) is 0 Å². The fourth-order valence-electron chi connectivity index (χ4n) is 0.950. The van der Waals surface area contributed by atoms with Crippen LogP contribution in [-0.4, -0.2) is 17.4 Å². The molecule has 12 heavy (non-hydrogen) atoms. The monoisotopic (exact) mass is 170 g/mol. The predicted octanol–water partition coefficient (Wildman–Crippen LogP) is 1.47. The van der Waals surface area contributed by atoms with Gasteiger partial charge < -0.3 is 4.74 Å². The van der Waals surface area contributed by atoms with Crippen LogP contribution in [0.25, 0.3) is 0 Å². The lowest BCUT2D eigenvalue weighted by molar-refractivity contribution is -0.151. The molecule has 68 valence electrons. The summed E-state index contributed by atoms with van der Waals surface area (Å²) in [5.41, 5.74) is -0.725. The van der Waals surface area contributed by atoms with Crippen LogP contribution in [0.1, 0.15) is 27.2 Å². The Morgan fingerprint density at radius 3 is 2.33 bits per heavy atom. The summed E-state index contributed by atoms with van der Waals surface area (Å²) in [5, 5.41) is 0. The topological polar surface area (TPSA) is 43.4 Å². The first kappa shape index (κ1) is 10.9. The van der Waals surface area contributed by atoms with Gasteiger partial charge in [0.15, 0.2) is 0 Å². The summed E-state index contributed by atoms with van der Waals surface area (Å²) in [6.45, 7) is 8.11. The highest BCUT2D eigenvalue weighted by molar-refractivity contribution is 5.82. The van der Waals surface area contributed by atoms with Gasteiger partial charge in [0.2, 0.25) is 0 Å². The number of hydrogen-bond donors (Lipinski definition) is 0. The zero-order valence-electron chi connectivity index (χ0n) is 7.72. The molecule has 0 aliphatic heterocycles. The first-order valence-electron chi connectivity index (χ1n) is 3.72. The van der Waals surface area contributed by atoms with E-state index in [0.29, 0.717) is 0 Å². The van der Waals surface area contributed by atoms with E-state index in [0.717, 1.165) is 6.08 Å². The zero-order chi connectivity index (χ0) is 9.78. The molecule has 0 aliphatic carbocycles. The lowest BCUT2D eigenvalue weighted by atomic mass is 10.0.